The van der Waals surface area contributed by atoms with Gasteiger partial charge in [0.15, 0.2) is 0 Å². The summed E-state index contributed by atoms with van der Waals surface area (Å²) in [7, 11) is 0. The Kier molecular flexibility index (Phi) is 3.64. The number of rotatable bonds is 4. The van der Waals surface area contributed by atoms with Crippen molar-refractivity contribution in [3.05, 3.63) is 47.7 Å². The molecule has 1 aromatic heterocycles. The zero-order valence-electron chi connectivity index (χ0n) is 10.7. The Balaban J connectivity index is 2.45. The van der Waals surface area contributed by atoms with Crippen molar-refractivity contribution in [3.63, 3.8) is 0 Å². The molecule has 1 unspecified atom stereocenters. The highest BCUT2D eigenvalue weighted by Gasteiger charge is 2.13. The van der Waals surface area contributed by atoms with Crippen LogP contribution in [0.4, 0.5) is 0 Å². The quantitative estimate of drug-likeness (QED) is 0.800. The van der Waals surface area contributed by atoms with E-state index in [-0.39, 0.29) is 6.04 Å². The average Bonchev–Trinajstić information content (AvgIpc) is 2.71. The molecular weight excluding hydrogens is 210 g/mol. The minimum atomic E-state index is 0.230. The first-order valence-electron chi connectivity index (χ1n) is 6.07. The van der Waals surface area contributed by atoms with Crippen LogP contribution < -0.4 is 5.32 Å². The third-order valence-electron chi connectivity index (χ3n) is 2.77. The van der Waals surface area contributed by atoms with Gasteiger partial charge >= 0.3 is 0 Å². The van der Waals surface area contributed by atoms with Gasteiger partial charge < -0.3 is 9.73 Å². The highest BCUT2D eigenvalue weighted by molar-refractivity contribution is 5.81. The van der Waals surface area contributed by atoms with Gasteiger partial charge in [-0.15, -0.1) is 0 Å². The molecule has 0 aliphatic rings. The number of benzene rings is 1. The summed E-state index contributed by atoms with van der Waals surface area (Å²) < 4.78 is 5.59. The van der Waals surface area contributed by atoms with Crippen LogP contribution in [0.3, 0.4) is 0 Å². The fraction of sp³-hybridized carbons (Fsp3) is 0.333. The van der Waals surface area contributed by atoms with Crippen LogP contribution in [-0.2, 0) is 0 Å². The first-order chi connectivity index (χ1) is 8.22. The summed E-state index contributed by atoms with van der Waals surface area (Å²) >= 11 is 0. The molecule has 2 rings (SSSR count). The Morgan fingerprint density at radius 1 is 1.35 bits per heavy atom. The van der Waals surface area contributed by atoms with Crippen molar-refractivity contribution in [1.29, 1.82) is 0 Å². The van der Waals surface area contributed by atoms with Crippen molar-refractivity contribution in [2.75, 3.05) is 6.54 Å². The summed E-state index contributed by atoms with van der Waals surface area (Å²) in [5.74, 6) is 0. The van der Waals surface area contributed by atoms with Crippen LogP contribution in [0.1, 0.15) is 32.4 Å². The van der Waals surface area contributed by atoms with Gasteiger partial charge in [0.25, 0.3) is 0 Å². The van der Waals surface area contributed by atoms with Gasteiger partial charge in [0.05, 0.1) is 12.3 Å². The SMILES string of the molecule is CCNC(C=C(C)C)c1coc2ccccc12. The van der Waals surface area contributed by atoms with Gasteiger partial charge in [-0.1, -0.05) is 36.8 Å². The number of hydrogen-bond donors (Lipinski definition) is 1. The second kappa shape index (κ2) is 5.19. The van der Waals surface area contributed by atoms with E-state index in [0.29, 0.717) is 0 Å². The maximum atomic E-state index is 5.59. The number of allylic oxidation sites excluding steroid dienone is 1. The van der Waals surface area contributed by atoms with E-state index >= 15 is 0 Å². The summed E-state index contributed by atoms with van der Waals surface area (Å²) in [6, 6.07) is 8.39. The first kappa shape index (κ1) is 11.9. The Hall–Kier alpha value is -1.54. The van der Waals surface area contributed by atoms with E-state index in [2.05, 4.69) is 38.2 Å². The van der Waals surface area contributed by atoms with Gasteiger partial charge in [-0.3, -0.25) is 0 Å². The van der Waals surface area contributed by atoms with E-state index in [1.165, 1.54) is 16.5 Å². The summed E-state index contributed by atoms with van der Waals surface area (Å²) in [5.41, 5.74) is 3.47. The van der Waals surface area contributed by atoms with Crippen LogP contribution in [0.15, 0.2) is 46.6 Å². The van der Waals surface area contributed by atoms with Gasteiger partial charge in [0, 0.05) is 10.9 Å². The molecule has 17 heavy (non-hydrogen) atoms. The number of nitrogens with one attached hydrogen (secondary N) is 1. The van der Waals surface area contributed by atoms with Crippen molar-refractivity contribution in [2.24, 2.45) is 0 Å². The first-order valence-corrected chi connectivity index (χ1v) is 6.07. The molecule has 0 radical (unpaired) electrons. The molecule has 1 N–H and O–H groups in total. The standard InChI is InChI=1S/C15H19NO/c1-4-16-14(9-11(2)3)13-10-17-15-8-6-5-7-12(13)15/h5-10,14,16H,4H2,1-3H3. The van der Waals surface area contributed by atoms with Crippen LogP contribution in [0.2, 0.25) is 0 Å². The van der Waals surface area contributed by atoms with Crippen molar-refractivity contribution in [2.45, 2.75) is 26.8 Å². The van der Waals surface area contributed by atoms with Gasteiger partial charge in [-0.2, -0.15) is 0 Å². The largest absolute Gasteiger partial charge is 0.464 e. The number of likely N-dealkylation sites (N-methyl/N-ethyl adjacent to an activating group) is 1. The molecule has 0 saturated carbocycles. The summed E-state index contributed by atoms with van der Waals surface area (Å²) in [6.45, 7) is 7.29. The topological polar surface area (TPSA) is 25.2 Å². The van der Waals surface area contributed by atoms with E-state index < -0.39 is 0 Å². The van der Waals surface area contributed by atoms with Crippen molar-refractivity contribution in [1.82, 2.24) is 5.32 Å². The Bertz CT molecular complexity index is 520. The van der Waals surface area contributed by atoms with E-state index in [1.807, 2.05) is 24.5 Å². The zero-order valence-corrected chi connectivity index (χ0v) is 10.7. The lowest BCUT2D eigenvalue weighted by atomic mass is 10.0. The summed E-state index contributed by atoms with van der Waals surface area (Å²) in [4.78, 5) is 0. The van der Waals surface area contributed by atoms with Gasteiger partial charge in [-0.05, 0) is 26.5 Å². The van der Waals surface area contributed by atoms with Gasteiger partial charge in [0.2, 0.25) is 0 Å². The third kappa shape index (κ3) is 2.59. The second-order valence-electron chi connectivity index (χ2n) is 4.47. The van der Waals surface area contributed by atoms with E-state index in [4.69, 9.17) is 4.42 Å². The number of hydrogen-bond acceptors (Lipinski definition) is 2. The molecule has 0 fully saturated rings. The molecule has 2 nitrogen and oxygen atoms in total. The fourth-order valence-electron chi connectivity index (χ4n) is 2.05. The second-order valence-corrected chi connectivity index (χ2v) is 4.47. The molecule has 90 valence electrons. The molecule has 0 spiro atoms. The molecular formula is C15H19NO. The highest BCUT2D eigenvalue weighted by Crippen LogP contribution is 2.27. The molecule has 2 aromatic rings. The molecule has 1 heterocycles. The highest BCUT2D eigenvalue weighted by atomic mass is 16.3. The Labute approximate surface area is 102 Å². The molecule has 0 bridgehead atoms. The van der Waals surface area contributed by atoms with Gasteiger partial charge in [-0.25, -0.2) is 0 Å². The lowest BCUT2D eigenvalue weighted by Crippen LogP contribution is -2.18. The molecule has 0 amide bonds. The Morgan fingerprint density at radius 3 is 2.82 bits per heavy atom. The molecule has 0 aliphatic carbocycles. The summed E-state index contributed by atoms with van der Waals surface area (Å²) in [5, 5.41) is 4.66. The van der Waals surface area contributed by atoms with E-state index in [1.54, 1.807) is 0 Å². The predicted molar refractivity (Wildman–Crippen MR) is 72.1 cm³/mol. The van der Waals surface area contributed by atoms with Crippen LogP contribution in [0.5, 0.6) is 0 Å². The van der Waals surface area contributed by atoms with Crippen molar-refractivity contribution >= 4 is 11.0 Å². The molecule has 1 aromatic carbocycles. The normalized spacial score (nSPS) is 12.6. The van der Waals surface area contributed by atoms with Crippen LogP contribution in [-0.4, -0.2) is 6.54 Å². The Morgan fingerprint density at radius 2 is 2.12 bits per heavy atom. The van der Waals surface area contributed by atoms with E-state index in [9.17, 15) is 0 Å². The van der Waals surface area contributed by atoms with Crippen molar-refractivity contribution < 1.29 is 4.42 Å². The fourth-order valence-corrected chi connectivity index (χ4v) is 2.05. The lowest BCUT2D eigenvalue weighted by Gasteiger charge is -2.13. The van der Waals surface area contributed by atoms with Crippen molar-refractivity contribution in [3.8, 4) is 0 Å². The maximum Gasteiger partial charge on any atom is 0.134 e. The van der Waals surface area contributed by atoms with Crippen LogP contribution in [0.25, 0.3) is 11.0 Å². The lowest BCUT2D eigenvalue weighted by molar-refractivity contribution is 0.589. The van der Waals surface area contributed by atoms with Gasteiger partial charge in [0.1, 0.15) is 5.58 Å². The zero-order chi connectivity index (χ0) is 12.3. The molecule has 0 aliphatic heterocycles. The predicted octanol–water partition coefficient (Wildman–Crippen LogP) is 4.05. The minimum absolute atomic E-state index is 0.230. The maximum absolute atomic E-state index is 5.59. The summed E-state index contributed by atoms with van der Waals surface area (Å²) in [6.07, 6.45) is 4.10. The van der Waals surface area contributed by atoms with Crippen LogP contribution >= 0.6 is 0 Å². The molecule has 0 saturated heterocycles. The minimum Gasteiger partial charge on any atom is -0.464 e. The van der Waals surface area contributed by atoms with Crippen LogP contribution in [0, 0.1) is 0 Å². The number of para-hydroxylation sites is 1. The molecule has 2 heteroatoms. The number of fused-ring (bicyclic) bond motifs is 1. The smallest absolute Gasteiger partial charge is 0.134 e. The average molecular weight is 229 g/mol. The monoisotopic (exact) mass is 229 g/mol. The number of furan rings is 1. The van der Waals surface area contributed by atoms with E-state index in [0.717, 1.165) is 12.1 Å². The molecule has 1 atom stereocenters. The third-order valence-corrected chi connectivity index (χ3v) is 2.77.